The lowest BCUT2D eigenvalue weighted by Crippen LogP contribution is -2.43. The van der Waals surface area contributed by atoms with Crippen LogP contribution in [0.15, 0.2) is 53.9 Å². The topological polar surface area (TPSA) is 102 Å². The van der Waals surface area contributed by atoms with Crippen molar-refractivity contribution in [2.45, 2.75) is 37.9 Å². The third-order valence-corrected chi connectivity index (χ3v) is 7.65. The number of imidazole rings is 1. The average Bonchev–Trinajstić information content (AvgIpc) is 3.42. The first-order valence-corrected chi connectivity index (χ1v) is 12.1. The van der Waals surface area contributed by atoms with Gasteiger partial charge in [-0.2, -0.15) is 9.40 Å². The van der Waals surface area contributed by atoms with Gasteiger partial charge in [0.05, 0.1) is 6.54 Å². The highest BCUT2D eigenvalue weighted by Crippen LogP contribution is 2.23. The van der Waals surface area contributed by atoms with Gasteiger partial charge in [0.25, 0.3) is 10.0 Å². The maximum Gasteiger partial charge on any atom is 0.262 e. The van der Waals surface area contributed by atoms with Gasteiger partial charge in [-0.25, -0.2) is 13.4 Å². The summed E-state index contributed by atoms with van der Waals surface area (Å²) >= 11 is 0. The Hall–Kier alpha value is -2.98. The molecule has 1 aromatic carbocycles. The van der Waals surface area contributed by atoms with Gasteiger partial charge in [-0.05, 0) is 37.0 Å². The van der Waals surface area contributed by atoms with Crippen molar-refractivity contribution in [1.29, 1.82) is 0 Å². The number of aromatic nitrogens is 4. The zero-order valence-corrected chi connectivity index (χ0v) is 19.1. The minimum absolute atomic E-state index is 0.0341. The largest absolute Gasteiger partial charge is 0.352 e. The molecule has 3 aromatic rings. The third kappa shape index (κ3) is 4.91. The third-order valence-electron chi connectivity index (χ3n) is 5.88. The summed E-state index contributed by atoms with van der Waals surface area (Å²) in [7, 11) is -1.86. The van der Waals surface area contributed by atoms with Crippen molar-refractivity contribution >= 4 is 15.9 Å². The van der Waals surface area contributed by atoms with Gasteiger partial charge in [-0.1, -0.05) is 24.3 Å². The number of amides is 1. The standard InChI is InChI=1S/C22H28N6O3S/c1-17-25-21(16-26(17)2)32(30,31)28-11-7-20(8-12-28)22(29)23-14-18-5-3-6-19(13-18)15-27-10-4-9-24-27/h3-6,9-10,13,16,20H,7-8,11-12,14-15H2,1-2H3,(H,23,29). The van der Waals surface area contributed by atoms with Gasteiger partial charge in [-0.15, -0.1) is 0 Å². The molecule has 1 amide bonds. The number of carbonyl (C=O) groups is 1. The molecule has 1 aliphatic heterocycles. The second-order valence-corrected chi connectivity index (χ2v) is 10.0. The van der Waals surface area contributed by atoms with Crippen LogP contribution in [0.2, 0.25) is 0 Å². The Morgan fingerprint density at radius 3 is 2.59 bits per heavy atom. The first-order valence-electron chi connectivity index (χ1n) is 10.7. The van der Waals surface area contributed by atoms with Gasteiger partial charge in [0.2, 0.25) is 5.91 Å². The molecule has 0 atom stereocenters. The predicted molar refractivity (Wildman–Crippen MR) is 119 cm³/mol. The van der Waals surface area contributed by atoms with E-state index in [0.717, 1.165) is 11.1 Å². The predicted octanol–water partition coefficient (Wildman–Crippen LogP) is 1.69. The highest BCUT2D eigenvalue weighted by molar-refractivity contribution is 7.89. The molecule has 0 aliphatic carbocycles. The van der Waals surface area contributed by atoms with Crippen LogP contribution in [0.3, 0.4) is 0 Å². The van der Waals surface area contributed by atoms with E-state index in [1.807, 2.05) is 35.1 Å². The molecule has 0 unspecified atom stereocenters. The van der Waals surface area contributed by atoms with E-state index in [-0.39, 0.29) is 16.9 Å². The number of sulfonamides is 1. The molecule has 1 aliphatic rings. The Bertz CT molecular complexity index is 1160. The molecule has 1 N–H and O–H groups in total. The number of piperidine rings is 1. The lowest BCUT2D eigenvalue weighted by molar-refractivity contribution is -0.126. The molecule has 32 heavy (non-hydrogen) atoms. The second-order valence-electron chi connectivity index (χ2n) is 8.16. The quantitative estimate of drug-likeness (QED) is 0.583. The van der Waals surface area contributed by atoms with Gasteiger partial charge < -0.3 is 9.88 Å². The van der Waals surface area contributed by atoms with E-state index in [1.165, 1.54) is 10.5 Å². The van der Waals surface area contributed by atoms with Crippen molar-refractivity contribution < 1.29 is 13.2 Å². The van der Waals surface area contributed by atoms with Crippen molar-refractivity contribution in [2.24, 2.45) is 13.0 Å². The molecule has 170 valence electrons. The van der Waals surface area contributed by atoms with Gasteiger partial charge in [0, 0.05) is 51.2 Å². The van der Waals surface area contributed by atoms with E-state index in [2.05, 4.69) is 21.5 Å². The maximum absolute atomic E-state index is 12.8. The summed E-state index contributed by atoms with van der Waals surface area (Å²) in [5.74, 6) is 0.416. The molecule has 1 saturated heterocycles. The number of carbonyl (C=O) groups excluding carboxylic acids is 1. The normalized spacial score (nSPS) is 15.7. The first kappa shape index (κ1) is 22.2. The summed E-state index contributed by atoms with van der Waals surface area (Å²) in [4.78, 5) is 16.8. The van der Waals surface area contributed by atoms with Crippen LogP contribution in [0.1, 0.15) is 29.8 Å². The summed E-state index contributed by atoms with van der Waals surface area (Å²) < 4.78 is 30.6. The van der Waals surface area contributed by atoms with Gasteiger partial charge in [-0.3, -0.25) is 9.48 Å². The first-order chi connectivity index (χ1) is 15.3. The molecule has 0 bridgehead atoms. The molecule has 2 aromatic heterocycles. The SMILES string of the molecule is Cc1nc(S(=O)(=O)N2CCC(C(=O)NCc3cccc(Cn4cccn4)c3)CC2)cn1C. The van der Waals surface area contributed by atoms with Crippen molar-refractivity contribution in [3.63, 3.8) is 0 Å². The van der Waals surface area contributed by atoms with Gasteiger partial charge in [0.15, 0.2) is 5.03 Å². The molecule has 9 nitrogen and oxygen atoms in total. The van der Waals surface area contributed by atoms with E-state index in [1.54, 1.807) is 24.7 Å². The molecule has 10 heteroatoms. The number of nitrogens with one attached hydrogen (secondary N) is 1. The number of aryl methyl sites for hydroxylation is 2. The summed E-state index contributed by atoms with van der Waals surface area (Å²) in [5.41, 5.74) is 2.14. The van der Waals surface area contributed by atoms with Crippen LogP contribution in [0.4, 0.5) is 0 Å². The lowest BCUT2D eigenvalue weighted by Gasteiger charge is -2.30. The second kappa shape index (κ2) is 9.25. The zero-order chi connectivity index (χ0) is 22.7. The average molecular weight is 457 g/mol. The van der Waals surface area contributed by atoms with E-state index >= 15 is 0 Å². The Morgan fingerprint density at radius 1 is 1.19 bits per heavy atom. The molecule has 0 spiro atoms. The van der Waals surface area contributed by atoms with E-state index < -0.39 is 10.0 Å². The fraction of sp³-hybridized carbons (Fsp3) is 0.409. The van der Waals surface area contributed by atoms with E-state index in [0.29, 0.717) is 44.8 Å². The highest BCUT2D eigenvalue weighted by atomic mass is 32.2. The van der Waals surface area contributed by atoms with Crippen LogP contribution in [0, 0.1) is 12.8 Å². The zero-order valence-electron chi connectivity index (χ0n) is 18.3. The number of nitrogens with zero attached hydrogens (tertiary/aromatic N) is 5. The number of rotatable bonds is 7. The van der Waals surface area contributed by atoms with Crippen LogP contribution in [0.25, 0.3) is 0 Å². The van der Waals surface area contributed by atoms with Gasteiger partial charge >= 0.3 is 0 Å². The molecule has 1 fully saturated rings. The van der Waals surface area contributed by atoms with Crippen molar-refractivity contribution in [1.82, 2.24) is 29.0 Å². The maximum atomic E-state index is 12.8. The molecule has 3 heterocycles. The Kier molecular flexibility index (Phi) is 6.43. The molecular formula is C22H28N6O3S. The lowest BCUT2D eigenvalue weighted by atomic mass is 9.97. The summed E-state index contributed by atoms with van der Waals surface area (Å²) in [6.07, 6.45) is 6.18. The number of hydrogen-bond donors (Lipinski definition) is 1. The summed E-state index contributed by atoms with van der Waals surface area (Å²) in [6.45, 7) is 3.52. The number of hydrogen-bond acceptors (Lipinski definition) is 5. The molecule has 4 rings (SSSR count). The van der Waals surface area contributed by atoms with Crippen molar-refractivity contribution in [2.75, 3.05) is 13.1 Å². The molecular weight excluding hydrogens is 428 g/mol. The Morgan fingerprint density at radius 2 is 1.94 bits per heavy atom. The van der Waals surface area contributed by atoms with Crippen LogP contribution in [0.5, 0.6) is 0 Å². The van der Waals surface area contributed by atoms with Crippen LogP contribution in [-0.2, 0) is 35.0 Å². The van der Waals surface area contributed by atoms with Crippen molar-refractivity contribution in [3.8, 4) is 0 Å². The van der Waals surface area contributed by atoms with E-state index in [4.69, 9.17) is 0 Å². The van der Waals surface area contributed by atoms with Crippen LogP contribution in [-0.4, -0.2) is 51.1 Å². The van der Waals surface area contributed by atoms with Crippen LogP contribution >= 0.6 is 0 Å². The summed E-state index contributed by atoms with van der Waals surface area (Å²) in [6, 6.07) is 9.94. The fourth-order valence-electron chi connectivity index (χ4n) is 3.89. The number of benzene rings is 1. The van der Waals surface area contributed by atoms with Gasteiger partial charge in [0.1, 0.15) is 5.82 Å². The summed E-state index contributed by atoms with van der Waals surface area (Å²) in [5, 5.41) is 7.29. The molecule has 0 saturated carbocycles. The monoisotopic (exact) mass is 456 g/mol. The smallest absolute Gasteiger partial charge is 0.262 e. The van der Waals surface area contributed by atoms with Crippen molar-refractivity contribution in [3.05, 3.63) is 65.9 Å². The molecule has 0 radical (unpaired) electrons. The minimum atomic E-state index is -3.63. The van der Waals surface area contributed by atoms with E-state index in [9.17, 15) is 13.2 Å². The van der Waals surface area contributed by atoms with Crippen LogP contribution < -0.4 is 5.32 Å². The highest BCUT2D eigenvalue weighted by Gasteiger charge is 2.33. The fourth-order valence-corrected chi connectivity index (χ4v) is 5.39. The minimum Gasteiger partial charge on any atom is -0.352 e. The Labute approximate surface area is 188 Å². The Balaban J connectivity index is 1.29.